The van der Waals surface area contributed by atoms with Gasteiger partial charge in [-0.1, -0.05) is 25.1 Å². The van der Waals surface area contributed by atoms with Gasteiger partial charge in [-0.05, 0) is 13.0 Å². The fourth-order valence-electron chi connectivity index (χ4n) is 3.09. The van der Waals surface area contributed by atoms with Crippen LogP contribution in [0.15, 0.2) is 24.3 Å². The smallest absolute Gasteiger partial charge is 0.124 e. The van der Waals surface area contributed by atoms with Gasteiger partial charge in [0.1, 0.15) is 11.4 Å². The van der Waals surface area contributed by atoms with E-state index in [1.165, 1.54) is 5.56 Å². The van der Waals surface area contributed by atoms with Crippen molar-refractivity contribution in [3.63, 3.8) is 0 Å². The lowest BCUT2D eigenvalue weighted by molar-refractivity contribution is -0.0295. The third kappa shape index (κ3) is 2.43. The molecule has 0 saturated carbocycles. The van der Waals surface area contributed by atoms with Crippen molar-refractivity contribution in [1.82, 2.24) is 5.32 Å². The molecule has 110 valence electrons. The molecule has 3 rings (SSSR count). The van der Waals surface area contributed by atoms with Crippen LogP contribution in [0.1, 0.15) is 31.9 Å². The number of fused-ring (bicyclic) bond motifs is 1. The molecule has 1 aromatic rings. The molecule has 4 atom stereocenters. The predicted octanol–water partition coefficient (Wildman–Crippen LogP) is 1.89. The summed E-state index contributed by atoms with van der Waals surface area (Å²) >= 11 is 0. The van der Waals surface area contributed by atoms with E-state index >= 15 is 0 Å². The Morgan fingerprint density at radius 2 is 2.15 bits per heavy atom. The van der Waals surface area contributed by atoms with Crippen molar-refractivity contribution in [3.8, 4) is 5.75 Å². The second kappa shape index (κ2) is 5.35. The third-order valence-corrected chi connectivity index (χ3v) is 4.61. The second-order valence-corrected chi connectivity index (χ2v) is 6.05. The van der Waals surface area contributed by atoms with Gasteiger partial charge in [0.25, 0.3) is 0 Å². The van der Waals surface area contributed by atoms with Crippen LogP contribution in [0.3, 0.4) is 0 Å². The molecular weight excluding hydrogens is 254 g/mol. The minimum absolute atomic E-state index is 0.111. The summed E-state index contributed by atoms with van der Waals surface area (Å²) in [5.74, 6) is 1.33. The van der Waals surface area contributed by atoms with Crippen molar-refractivity contribution >= 4 is 0 Å². The van der Waals surface area contributed by atoms with E-state index in [-0.39, 0.29) is 12.1 Å². The summed E-state index contributed by atoms with van der Waals surface area (Å²) in [7, 11) is 0. The fraction of sp³-hybridized carbons (Fsp3) is 0.625. The molecule has 0 spiro atoms. The van der Waals surface area contributed by atoms with Gasteiger partial charge in [0.15, 0.2) is 0 Å². The standard InChI is InChI=1S/C16H23NO3/c1-11-9-20-14-6-4-3-5-13(14)15(11)17-10-16(18)7-8-19-12(16)2/h3-6,11-12,15,17-18H,7-10H2,1-2H3. The molecule has 1 fully saturated rings. The van der Waals surface area contributed by atoms with Crippen molar-refractivity contribution in [1.29, 1.82) is 0 Å². The van der Waals surface area contributed by atoms with E-state index in [2.05, 4.69) is 18.3 Å². The second-order valence-electron chi connectivity index (χ2n) is 6.05. The third-order valence-electron chi connectivity index (χ3n) is 4.61. The number of hydrogen-bond donors (Lipinski definition) is 2. The average Bonchev–Trinajstić information content (AvgIpc) is 2.78. The monoisotopic (exact) mass is 277 g/mol. The Morgan fingerprint density at radius 3 is 2.90 bits per heavy atom. The molecule has 4 nitrogen and oxygen atoms in total. The topological polar surface area (TPSA) is 50.7 Å². The van der Waals surface area contributed by atoms with E-state index < -0.39 is 5.60 Å². The highest BCUT2D eigenvalue weighted by atomic mass is 16.5. The molecule has 2 heterocycles. The number of ether oxygens (including phenoxy) is 2. The van der Waals surface area contributed by atoms with Crippen LogP contribution in [-0.2, 0) is 4.74 Å². The van der Waals surface area contributed by atoms with Crippen LogP contribution in [-0.4, -0.2) is 36.6 Å². The SMILES string of the molecule is CC1COc2ccccc2C1NCC1(O)CCOC1C. The fourth-order valence-corrected chi connectivity index (χ4v) is 3.09. The number of benzene rings is 1. The highest BCUT2D eigenvalue weighted by Crippen LogP contribution is 2.35. The zero-order valence-corrected chi connectivity index (χ0v) is 12.1. The van der Waals surface area contributed by atoms with E-state index in [9.17, 15) is 5.11 Å². The summed E-state index contributed by atoms with van der Waals surface area (Å²) in [5.41, 5.74) is 0.425. The Labute approximate surface area is 120 Å². The van der Waals surface area contributed by atoms with Gasteiger partial charge in [-0.2, -0.15) is 0 Å². The molecule has 0 bridgehead atoms. The summed E-state index contributed by atoms with van der Waals surface area (Å²) in [5, 5.41) is 14.1. The van der Waals surface area contributed by atoms with Crippen LogP contribution >= 0.6 is 0 Å². The van der Waals surface area contributed by atoms with E-state index in [4.69, 9.17) is 9.47 Å². The number of hydrogen-bond acceptors (Lipinski definition) is 4. The molecule has 0 aliphatic carbocycles. The molecule has 1 aromatic carbocycles. The zero-order chi connectivity index (χ0) is 14.2. The van der Waals surface area contributed by atoms with Gasteiger partial charge < -0.3 is 19.9 Å². The summed E-state index contributed by atoms with van der Waals surface area (Å²) in [6.07, 6.45) is 0.584. The number of para-hydroxylation sites is 1. The van der Waals surface area contributed by atoms with Gasteiger partial charge in [0.2, 0.25) is 0 Å². The van der Waals surface area contributed by atoms with Crippen molar-refractivity contribution < 1.29 is 14.6 Å². The van der Waals surface area contributed by atoms with Crippen molar-refractivity contribution in [3.05, 3.63) is 29.8 Å². The van der Waals surface area contributed by atoms with Crippen LogP contribution in [0.4, 0.5) is 0 Å². The summed E-state index contributed by atoms with van der Waals surface area (Å²) in [6, 6.07) is 8.35. The van der Waals surface area contributed by atoms with E-state index in [0.717, 1.165) is 5.75 Å². The summed E-state index contributed by atoms with van der Waals surface area (Å²) in [4.78, 5) is 0. The van der Waals surface area contributed by atoms with E-state index in [0.29, 0.717) is 32.1 Å². The first-order valence-electron chi connectivity index (χ1n) is 7.39. The first-order valence-corrected chi connectivity index (χ1v) is 7.39. The Bertz CT molecular complexity index is 479. The summed E-state index contributed by atoms with van der Waals surface area (Å²) < 4.78 is 11.2. The number of aliphatic hydroxyl groups is 1. The quantitative estimate of drug-likeness (QED) is 0.886. The van der Waals surface area contributed by atoms with Gasteiger partial charge in [0.05, 0.1) is 12.7 Å². The maximum absolute atomic E-state index is 10.6. The minimum atomic E-state index is -0.757. The molecule has 2 N–H and O–H groups in total. The molecule has 4 unspecified atom stereocenters. The molecule has 0 radical (unpaired) electrons. The Kier molecular flexibility index (Phi) is 3.71. The van der Waals surface area contributed by atoms with Gasteiger partial charge >= 0.3 is 0 Å². The van der Waals surface area contributed by atoms with Crippen LogP contribution in [0, 0.1) is 5.92 Å². The van der Waals surface area contributed by atoms with Crippen molar-refractivity contribution in [2.45, 2.75) is 38.0 Å². The highest BCUT2D eigenvalue weighted by molar-refractivity contribution is 5.38. The lowest BCUT2D eigenvalue weighted by Gasteiger charge is -2.35. The minimum Gasteiger partial charge on any atom is -0.493 e. The van der Waals surface area contributed by atoms with Crippen molar-refractivity contribution in [2.24, 2.45) is 5.92 Å². The van der Waals surface area contributed by atoms with Crippen LogP contribution in [0.25, 0.3) is 0 Å². The largest absolute Gasteiger partial charge is 0.493 e. The van der Waals surface area contributed by atoms with E-state index in [1.54, 1.807) is 0 Å². The first-order chi connectivity index (χ1) is 9.60. The first kappa shape index (κ1) is 13.9. The molecule has 4 heteroatoms. The maximum Gasteiger partial charge on any atom is 0.124 e. The molecule has 2 aliphatic heterocycles. The van der Waals surface area contributed by atoms with Crippen molar-refractivity contribution in [2.75, 3.05) is 19.8 Å². The normalized spacial score (nSPS) is 36.5. The zero-order valence-electron chi connectivity index (χ0n) is 12.1. The number of rotatable bonds is 3. The van der Waals surface area contributed by atoms with Crippen LogP contribution < -0.4 is 10.1 Å². The number of nitrogens with one attached hydrogen (secondary N) is 1. The molecular formula is C16H23NO3. The van der Waals surface area contributed by atoms with Gasteiger partial charge in [0, 0.05) is 37.1 Å². The Hall–Kier alpha value is -1.10. The highest BCUT2D eigenvalue weighted by Gasteiger charge is 2.40. The molecule has 0 amide bonds. The van der Waals surface area contributed by atoms with Crippen LogP contribution in [0.2, 0.25) is 0 Å². The predicted molar refractivity (Wildman–Crippen MR) is 76.8 cm³/mol. The lowest BCUT2D eigenvalue weighted by Crippen LogP contribution is -2.48. The molecule has 20 heavy (non-hydrogen) atoms. The molecule has 1 saturated heterocycles. The van der Waals surface area contributed by atoms with Gasteiger partial charge in [-0.15, -0.1) is 0 Å². The Morgan fingerprint density at radius 1 is 1.35 bits per heavy atom. The molecule has 0 aromatic heterocycles. The average molecular weight is 277 g/mol. The maximum atomic E-state index is 10.6. The van der Waals surface area contributed by atoms with Gasteiger partial charge in [-0.25, -0.2) is 0 Å². The summed E-state index contributed by atoms with van der Waals surface area (Å²) in [6.45, 7) is 6.01. The van der Waals surface area contributed by atoms with E-state index in [1.807, 2.05) is 25.1 Å². The molecule has 2 aliphatic rings. The van der Waals surface area contributed by atoms with Gasteiger partial charge in [-0.3, -0.25) is 0 Å². The lowest BCUT2D eigenvalue weighted by atomic mass is 9.90. The Balaban J connectivity index is 1.74. The van der Waals surface area contributed by atoms with Crippen LogP contribution in [0.5, 0.6) is 5.75 Å².